The summed E-state index contributed by atoms with van der Waals surface area (Å²) in [5.74, 6) is -1.04. The minimum absolute atomic E-state index is 0.104. The fourth-order valence-electron chi connectivity index (χ4n) is 3.46. The summed E-state index contributed by atoms with van der Waals surface area (Å²) in [7, 11) is 0. The van der Waals surface area contributed by atoms with Crippen molar-refractivity contribution in [2.45, 2.75) is 13.0 Å². The van der Waals surface area contributed by atoms with E-state index in [1.165, 1.54) is 16.1 Å². The zero-order valence-corrected chi connectivity index (χ0v) is 16.3. The molecule has 4 rings (SSSR count). The number of rotatable bonds is 6. The van der Waals surface area contributed by atoms with E-state index >= 15 is 0 Å². The average Bonchev–Trinajstić information content (AvgIpc) is 3.26. The SMILES string of the molecule is O=C(c1cccc(Cn2cncn2)c1)N1CC(=O)N(CCc2ccccc2)C(=O)C1. The summed E-state index contributed by atoms with van der Waals surface area (Å²) < 4.78 is 1.65. The number of hydrogen-bond donors (Lipinski definition) is 0. The molecule has 3 aromatic rings. The van der Waals surface area contributed by atoms with Gasteiger partial charge in [0.1, 0.15) is 25.7 Å². The first kappa shape index (κ1) is 19.5. The first-order chi connectivity index (χ1) is 14.6. The third-order valence-electron chi connectivity index (χ3n) is 4.99. The molecule has 152 valence electrons. The van der Waals surface area contributed by atoms with Crippen molar-refractivity contribution >= 4 is 17.7 Å². The number of aromatic nitrogens is 3. The first-order valence-corrected chi connectivity index (χ1v) is 9.68. The van der Waals surface area contributed by atoms with Crippen molar-refractivity contribution in [1.29, 1.82) is 0 Å². The Kier molecular flexibility index (Phi) is 5.65. The summed E-state index contributed by atoms with van der Waals surface area (Å²) in [5, 5.41) is 4.06. The van der Waals surface area contributed by atoms with Gasteiger partial charge in [-0.15, -0.1) is 0 Å². The molecule has 0 atom stereocenters. The smallest absolute Gasteiger partial charge is 0.254 e. The van der Waals surface area contributed by atoms with Crippen LogP contribution in [-0.2, 0) is 22.6 Å². The Labute approximate surface area is 173 Å². The van der Waals surface area contributed by atoms with Crippen LogP contribution in [0.25, 0.3) is 0 Å². The molecule has 30 heavy (non-hydrogen) atoms. The lowest BCUT2D eigenvalue weighted by Crippen LogP contribution is -2.55. The summed E-state index contributed by atoms with van der Waals surface area (Å²) in [4.78, 5) is 44.4. The van der Waals surface area contributed by atoms with Crippen LogP contribution in [0, 0.1) is 0 Å². The van der Waals surface area contributed by atoms with Gasteiger partial charge in [-0.05, 0) is 29.7 Å². The van der Waals surface area contributed by atoms with E-state index in [1.807, 2.05) is 36.4 Å². The van der Waals surface area contributed by atoms with E-state index in [2.05, 4.69) is 10.1 Å². The molecule has 3 amide bonds. The van der Waals surface area contributed by atoms with Gasteiger partial charge in [0, 0.05) is 12.1 Å². The molecule has 1 aliphatic rings. The molecule has 0 radical (unpaired) electrons. The van der Waals surface area contributed by atoms with Crippen LogP contribution in [-0.4, -0.2) is 61.9 Å². The van der Waals surface area contributed by atoms with E-state index in [9.17, 15) is 14.4 Å². The molecule has 2 heterocycles. The quantitative estimate of drug-likeness (QED) is 0.580. The molecule has 1 fully saturated rings. The van der Waals surface area contributed by atoms with E-state index in [0.29, 0.717) is 25.1 Å². The number of carbonyl (C=O) groups excluding carboxylic acids is 3. The highest BCUT2D eigenvalue weighted by Gasteiger charge is 2.33. The lowest BCUT2D eigenvalue weighted by Gasteiger charge is -2.32. The van der Waals surface area contributed by atoms with E-state index in [4.69, 9.17) is 0 Å². The van der Waals surface area contributed by atoms with Gasteiger partial charge < -0.3 is 4.90 Å². The highest BCUT2D eigenvalue weighted by molar-refractivity contribution is 6.05. The maximum Gasteiger partial charge on any atom is 0.254 e. The van der Waals surface area contributed by atoms with Crippen LogP contribution in [0.3, 0.4) is 0 Å². The summed E-state index contributed by atoms with van der Waals surface area (Å²) in [6.07, 6.45) is 3.64. The minimum atomic E-state index is -0.352. The summed E-state index contributed by atoms with van der Waals surface area (Å²) in [5.41, 5.74) is 2.37. The lowest BCUT2D eigenvalue weighted by atomic mass is 10.1. The summed E-state index contributed by atoms with van der Waals surface area (Å²) >= 11 is 0. The average molecular weight is 403 g/mol. The summed E-state index contributed by atoms with van der Waals surface area (Å²) in [6, 6.07) is 16.8. The van der Waals surface area contributed by atoms with Gasteiger partial charge in [-0.25, -0.2) is 9.67 Å². The van der Waals surface area contributed by atoms with Crippen molar-refractivity contribution in [1.82, 2.24) is 24.6 Å². The minimum Gasteiger partial charge on any atom is -0.320 e. The Morgan fingerprint density at radius 3 is 2.37 bits per heavy atom. The van der Waals surface area contributed by atoms with Gasteiger partial charge in [0.25, 0.3) is 5.91 Å². The van der Waals surface area contributed by atoms with E-state index < -0.39 is 0 Å². The Bertz CT molecular complexity index is 1030. The first-order valence-electron chi connectivity index (χ1n) is 9.68. The molecule has 0 spiro atoms. The van der Waals surface area contributed by atoms with Crippen molar-refractivity contribution < 1.29 is 14.4 Å². The van der Waals surface area contributed by atoms with Crippen molar-refractivity contribution in [2.24, 2.45) is 0 Å². The molecule has 0 bridgehead atoms. The molecule has 0 N–H and O–H groups in total. The van der Waals surface area contributed by atoms with E-state index in [1.54, 1.807) is 29.2 Å². The number of nitrogens with zero attached hydrogens (tertiary/aromatic N) is 5. The maximum atomic E-state index is 12.9. The number of hydrogen-bond acceptors (Lipinski definition) is 5. The topological polar surface area (TPSA) is 88.4 Å². The van der Waals surface area contributed by atoms with Crippen LogP contribution >= 0.6 is 0 Å². The largest absolute Gasteiger partial charge is 0.320 e. The number of carbonyl (C=O) groups is 3. The molecule has 8 nitrogen and oxygen atoms in total. The van der Waals surface area contributed by atoms with Gasteiger partial charge in [0.05, 0.1) is 6.54 Å². The zero-order valence-electron chi connectivity index (χ0n) is 16.3. The monoisotopic (exact) mass is 403 g/mol. The molecule has 0 aliphatic carbocycles. The Morgan fingerprint density at radius 1 is 0.933 bits per heavy atom. The molecule has 1 aliphatic heterocycles. The molecule has 8 heteroatoms. The second kappa shape index (κ2) is 8.69. The predicted octanol–water partition coefficient (Wildman–Crippen LogP) is 1.38. The van der Waals surface area contributed by atoms with Gasteiger partial charge in [0.15, 0.2) is 0 Å². The van der Waals surface area contributed by atoms with Crippen LogP contribution in [0.1, 0.15) is 21.5 Å². The molecule has 1 saturated heterocycles. The Morgan fingerprint density at radius 2 is 1.67 bits per heavy atom. The second-order valence-electron chi connectivity index (χ2n) is 7.13. The van der Waals surface area contributed by atoms with Gasteiger partial charge in [-0.3, -0.25) is 19.3 Å². The van der Waals surface area contributed by atoms with Crippen LogP contribution < -0.4 is 0 Å². The van der Waals surface area contributed by atoms with Crippen LogP contribution in [0.5, 0.6) is 0 Å². The van der Waals surface area contributed by atoms with E-state index in [0.717, 1.165) is 11.1 Å². The van der Waals surface area contributed by atoms with Gasteiger partial charge in [-0.2, -0.15) is 5.10 Å². The molecule has 1 aromatic heterocycles. The van der Waals surface area contributed by atoms with Crippen LogP contribution in [0.4, 0.5) is 0 Å². The fraction of sp³-hybridized carbons (Fsp3) is 0.227. The zero-order chi connectivity index (χ0) is 20.9. The molecular weight excluding hydrogens is 382 g/mol. The predicted molar refractivity (Wildman–Crippen MR) is 108 cm³/mol. The molecule has 0 unspecified atom stereocenters. The van der Waals surface area contributed by atoms with Gasteiger partial charge >= 0.3 is 0 Å². The lowest BCUT2D eigenvalue weighted by molar-refractivity contribution is -0.150. The third kappa shape index (κ3) is 4.43. The van der Waals surface area contributed by atoms with Crippen molar-refractivity contribution in [3.63, 3.8) is 0 Å². The number of amides is 3. The summed E-state index contributed by atoms with van der Waals surface area (Å²) in [6.45, 7) is 0.586. The fourth-order valence-corrected chi connectivity index (χ4v) is 3.46. The highest BCUT2D eigenvalue weighted by Crippen LogP contribution is 2.14. The van der Waals surface area contributed by atoms with Crippen molar-refractivity contribution in [3.05, 3.63) is 83.9 Å². The number of benzene rings is 2. The normalized spacial score (nSPS) is 14.3. The Hall–Kier alpha value is -3.81. The van der Waals surface area contributed by atoms with E-state index in [-0.39, 0.29) is 30.8 Å². The Balaban J connectivity index is 1.40. The van der Waals surface area contributed by atoms with Gasteiger partial charge in [0.2, 0.25) is 11.8 Å². The maximum absolute atomic E-state index is 12.9. The van der Waals surface area contributed by atoms with Crippen LogP contribution in [0.15, 0.2) is 67.3 Å². The second-order valence-corrected chi connectivity index (χ2v) is 7.13. The van der Waals surface area contributed by atoms with Crippen LogP contribution in [0.2, 0.25) is 0 Å². The van der Waals surface area contributed by atoms with Crippen molar-refractivity contribution in [3.8, 4) is 0 Å². The molecule has 0 saturated carbocycles. The number of piperazine rings is 1. The number of imide groups is 1. The standard InChI is InChI=1S/C22H21N5O3/c28-20-13-25(14-21(29)27(20)10-9-17-5-2-1-3-6-17)22(30)19-8-4-7-18(11-19)12-26-16-23-15-24-26/h1-8,11,15-16H,9-10,12-14H2. The molecular formula is C22H21N5O3. The molecule has 2 aromatic carbocycles. The van der Waals surface area contributed by atoms with Crippen molar-refractivity contribution in [2.75, 3.05) is 19.6 Å². The highest BCUT2D eigenvalue weighted by atomic mass is 16.2. The third-order valence-corrected chi connectivity index (χ3v) is 4.99. The van der Waals surface area contributed by atoms with Gasteiger partial charge in [-0.1, -0.05) is 42.5 Å².